The minimum Gasteiger partial charge on any atom is -0.321 e. The molecule has 0 fully saturated rings. The van der Waals surface area contributed by atoms with E-state index in [1.54, 1.807) is 0 Å². The van der Waals surface area contributed by atoms with E-state index in [1.165, 1.54) is 0 Å². The third-order valence-electron chi connectivity index (χ3n) is 4.74. The average molecular weight is 386 g/mol. The van der Waals surface area contributed by atoms with Crippen LogP contribution in [-0.2, 0) is 20.8 Å². The Balaban J connectivity index is 3.40. The first-order valence-electron chi connectivity index (χ1n) is 9.44. The van der Waals surface area contributed by atoms with Gasteiger partial charge in [-0.3, -0.25) is 0 Å². The predicted octanol–water partition coefficient (Wildman–Crippen LogP) is 5.87. The molecular formula is C20H36NO2PS. The number of hydrogen-bond donors (Lipinski definition) is 1. The molecule has 144 valence electrons. The molecule has 25 heavy (non-hydrogen) atoms. The second-order valence-electron chi connectivity index (χ2n) is 7.97. The lowest BCUT2D eigenvalue weighted by Crippen LogP contribution is -2.47. The molecule has 5 heteroatoms. The Kier molecular flexibility index (Phi) is 8.57. The Morgan fingerprint density at radius 2 is 1.44 bits per heavy atom. The highest BCUT2D eigenvalue weighted by atomic mass is 32.2. The number of unbranched alkanes of at least 4 members (excludes halogenated alkanes) is 2. The third kappa shape index (κ3) is 5.77. The molecule has 0 aliphatic heterocycles. The maximum atomic E-state index is 14.2. The molecule has 0 amide bonds. The first-order chi connectivity index (χ1) is 11.6. The van der Waals surface area contributed by atoms with Crippen molar-refractivity contribution in [1.29, 1.82) is 0 Å². The Labute approximate surface area is 157 Å². The van der Waals surface area contributed by atoms with Gasteiger partial charge in [0.2, 0.25) is 0 Å². The lowest BCUT2D eigenvalue weighted by atomic mass is 10.1. The first-order valence-corrected chi connectivity index (χ1v) is 12.7. The van der Waals surface area contributed by atoms with Gasteiger partial charge in [0.05, 0.1) is 15.7 Å². The fraction of sp³-hybridized carbons (Fsp3) is 0.700. The topological polar surface area (TPSA) is 46.2 Å². The normalized spacial score (nSPS) is 16.4. The summed E-state index contributed by atoms with van der Waals surface area (Å²) in [5.41, 5.74) is 0.975. The lowest BCUT2D eigenvalue weighted by Gasteiger charge is -2.40. The van der Waals surface area contributed by atoms with Crippen molar-refractivity contribution in [3.8, 4) is 0 Å². The number of rotatable bonds is 10. The van der Waals surface area contributed by atoms with Gasteiger partial charge < -0.3 is 4.57 Å². The Hall–Kier alpha value is -0.440. The van der Waals surface area contributed by atoms with Crippen LogP contribution in [0.5, 0.6) is 0 Å². The highest BCUT2D eigenvalue weighted by molar-refractivity contribution is 7.85. The fourth-order valence-corrected chi connectivity index (χ4v) is 7.95. The van der Waals surface area contributed by atoms with Crippen LogP contribution in [0.4, 0.5) is 0 Å². The zero-order chi connectivity index (χ0) is 19.1. The minimum absolute atomic E-state index is 0.406. The molecule has 3 nitrogen and oxygen atoms in total. The highest BCUT2D eigenvalue weighted by Crippen LogP contribution is 2.63. The van der Waals surface area contributed by atoms with Gasteiger partial charge in [0, 0.05) is 12.3 Å². The van der Waals surface area contributed by atoms with Crippen LogP contribution in [0, 0.1) is 0 Å². The highest BCUT2D eigenvalue weighted by Gasteiger charge is 2.46. The van der Waals surface area contributed by atoms with Crippen LogP contribution in [0.25, 0.3) is 0 Å². The monoisotopic (exact) mass is 385 g/mol. The molecular weight excluding hydrogens is 349 g/mol. The van der Waals surface area contributed by atoms with E-state index >= 15 is 0 Å². The molecule has 1 aromatic carbocycles. The Bertz CT molecular complexity index is 585. The molecule has 2 atom stereocenters. The van der Waals surface area contributed by atoms with Crippen LogP contribution in [-0.4, -0.2) is 21.3 Å². The molecule has 0 aromatic heterocycles. The SMILES string of the molecule is CCCCP(=O)(CCCC)[C@](C)(N[S@@](=O)C(C)(C)C)c1ccccc1. The first kappa shape index (κ1) is 22.6. The predicted molar refractivity (Wildman–Crippen MR) is 112 cm³/mol. The van der Waals surface area contributed by atoms with Crippen LogP contribution in [0.3, 0.4) is 0 Å². The second-order valence-corrected chi connectivity index (χ2v) is 13.5. The zero-order valence-electron chi connectivity index (χ0n) is 16.8. The van der Waals surface area contributed by atoms with Crippen molar-refractivity contribution in [2.75, 3.05) is 12.3 Å². The molecule has 0 aliphatic carbocycles. The van der Waals surface area contributed by atoms with Crippen molar-refractivity contribution in [2.45, 2.75) is 77.3 Å². The zero-order valence-corrected chi connectivity index (χ0v) is 18.5. The van der Waals surface area contributed by atoms with Gasteiger partial charge in [0.25, 0.3) is 0 Å². The van der Waals surface area contributed by atoms with Gasteiger partial charge in [-0.1, -0.05) is 57.0 Å². The molecule has 0 aliphatic rings. The van der Waals surface area contributed by atoms with Gasteiger partial charge in [0.1, 0.15) is 12.4 Å². The van der Waals surface area contributed by atoms with E-state index in [0.29, 0.717) is 12.3 Å². The molecule has 0 saturated carbocycles. The summed E-state index contributed by atoms with van der Waals surface area (Å²) in [6.45, 7) is 12.1. The molecule has 0 bridgehead atoms. The minimum atomic E-state index is -2.62. The summed E-state index contributed by atoms with van der Waals surface area (Å²) in [6, 6.07) is 9.93. The maximum Gasteiger partial charge on any atom is 0.112 e. The number of benzene rings is 1. The molecule has 0 saturated heterocycles. The van der Waals surface area contributed by atoms with Crippen molar-refractivity contribution < 1.29 is 8.77 Å². The molecule has 0 heterocycles. The van der Waals surface area contributed by atoms with Gasteiger partial charge in [0.15, 0.2) is 0 Å². The van der Waals surface area contributed by atoms with E-state index in [0.717, 1.165) is 31.2 Å². The number of nitrogens with one attached hydrogen (secondary N) is 1. The van der Waals surface area contributed by atoms with E-state index in [2.05, 4.69) is 18.6 Å². The summed E-state index contributed by atoms with van der Waals surface area (Å²) in [5, 5.41) is -0.767. The summed E-state index contributed by atoms with van der Waals surface area (Å²) < 4.78 is 30.1. The van der Waals surface area contributed by atoms with E-state index in [9.17, 15) is 8.77 Å². The molecule has 0 unspecified atom stereocenters. The van der Waals surface area contributed by atoms with Crippen LogP contribution < -0.4 is 4.72 Å². The number of hydrogen-bond acceptors (Lipinski definition) is 2. The lowest BCUT2D eigenvalue weighted by molar-refractivity contribution is 0.509. The molecule has 1 N–H and O–H groups in total. The van der Waals surface area contributed by atoms with Crippen molar-refractivity contribution in [2.24, 2.45) is 0 Å². The Morgan fingerprint density at radius 1 is 0.960 bits per heavy atom. The molecule has 0 radical (unpaired) electrons. The summed E-state index contributed by atoms with van der Waals surface area (Å²) in [4.78, 5) is 0. The van der Waals surface area contributed by atoms with Crippen LogP contribution in [0.15, 0.2) is 30.3 Å². The van der Waals surface area contributed by atoms with Crippen LogP contribution >= 0.6 is 7.14 Å². The average Bonchev–Trinajstić information content (AvgIpc) is 2.57. The largest absolute Gasteiger partial charge is 0.321 e. The van der Waals surface area contributed by atoms with Crippen LogP contribution in [0.1, 0.15) is 72.8 Å². The molecule has 1 aromatic rings. The van der Waals surface area contributed by atoms with E-state index < -0.39 is 28.2 Å². The summed E-state index contributed by atoms with van der Waals surface area (Å²) in [5.74, 6) is 0. The van der Waals surface area contributed by atoms with Gasteiger partial charge in [-0.05, 0) is 46.1 Å². The molecule has 0 spiro atoms. The van der Waals surface area contributed by atoms with Gasteiger partial charge in [-0.15, -0.1) is 0 Å². The standard InChI is InChI=1S/C20H36NO2PS/c1-7-9-16-24(22,17-10-8-2)20(6,18-14-12-11-13-15-18)21-25(23)19(3,4)5/h11-15,21H,7-10,16-17H2,1-6H3/t20-,25-/m0/s1. The maximum absolute atomic E-state index is 14.2. The van der Waals surface area contributed by atoms with E-state index in [4.69, 9.17) is 0 Å². The summed E-state index contributed by atoms with van der Waals surface area (Å²) >= 11 is 0. The smallest absolute Gasteiger partial charge is 0.112 e. The third-order valence-corrected chi connectivity index (χ3v) is 10.7. The van der Waals surface area contributed by atoms with E-state index in [-0.39, 0.29) is 0 Å². The van der Waals surface area contributed by atoms with Gasteiger partial charge in [-0.2, -0.15) is 0 Å². The van der Waals surface area contributed by atoms with Crippen molar-refractivity contribution >= 4 is 18.1 Å². The summed E-state index contributed by atoms with van der Waals surface area (Å²) in [7, 11) is -3.91. The quantitative estimate of drug-likeness (QED) is 0.512. The fourth-order valence-electron chi connectivity index (χ4n) is 2.86. The van der Waals surface area contributed by atoms with Crippen LogP contribution in [0.2, 0.25) is 0 Å². The van der Waals surface area contributed by atoms with Crippen molar-refractivity contribution in [3.63, 3.8) is 0 Å². The van der Waals surface area contributed by atoms with Crippen molar-refractivity contribution in [3.05, 3.63) is 35.9 Å². The van der Waals surface area contributed by atoms with Gasteiger partial charge in [-0.25, -0.2) is 8.93 Å². The molecule has 1 rings (SSSR count). The second kappa shape index (κ2) is 9.48. The van der Waals surface area contributed by atoms with E-state index in [1.807, 2.05) is 58.0 Å². The summed E-state index contributed by atoms with van der Waals surface area (Å²) in [6.07, 6.45) is 5.31. The van der Waals surface area contributed by atoms with Gasteiger partial charge >= 0.3 is 0 Å². The van der Waals surface area contributed by atoms with Crippen molar-refractivity contribution in [1.82, 2.24) is 4.72 Å². The Morgan fingerprint density at radius 3 is 1.84 bits per heavy atom.